The molecule has 76 valence electrons. The third-order valence-corrected chi connectivity index (χ3v) is 2.95. The lowest BCUT2D eigenvalue weighted by molar-refractivity contribution is -0.138. The van der Waals surface area contributed by atoms with Crippen molar-refractivity contribution >= 4 is 5.97 Å². The van der Waals surface area contributed by atoms with Gasteiger partial charge in [-0.25, -0.2) is 0 Å². The second-order valence-electron chi connectivity index (χ2n) is 3.89. The molecule has 1 heterocycles. The first kappa shape index (κ1) is 9.31. The maximum Gasteiger partial charge on any atom is 0.310 e. The van der Waals surface area contributed by atoms with E-state index in [0.717, 1.165) is 41.9 Å². The summed E-state index contributed by atoms with van der Waals surface area (Å²) in [5, 5.41) is 8.97. The van der Waals surface area contributed by atoms with E-state index < -0.39 is 11.9 Å². The topological polar surface area (TPSA) is 50.4 Å². The monoisotopic (exact) mass is 194 g/mol. The Kier molecular flexibility index (Phi) is 2.10. The Balaban J connectivity index is 2.46. The summed E-state index contributed by atoms with van der Waals surface area (Å²) in [6.07, 6.45) is 3.02. The van der Waals surface area contributed by atoms with Crippen LogP contribution in [0.2, 0.25) is 0 Å². The number of carboxylic acid groups (broad SMARTS) is 1. The van der Waals surface area contributed by atoms with E-state index in [2.05, 4.69) is 0 Å². The van der Waals surface area contributed by atoms with E-state index in [1.165, 1.54) is 0 Å². The van der Waals surface area contributed by atoms with Gasteiger partial charge in [-0.15, -0.1) is 0 Å². The lowest BCUT2D eigenvalue weighted by Crippen LogP contribution is -2.09. The Labute approximate surface area is 82.7 Å². The third kappa shape index (κ3) is 1.24. The van der Waals surface area contributed by atoms with E-state index in [1.54, 1.807) is 6.92 Å². The van der Waals surface area contributed by atoms with Gasteiger partial charge in [0, 0.05) is 12.0 Å². The van der Waals surface area contributed by atoms with Crippen LogP contribution in [0.5, 0.6) is 0 Å². The zero-order valence-corrected chi connectivity index (χ0v) is 8.46. The van der Waals surface area contributed by atoms with E-state index >= 15 is 0 Å². The number of carboxylic acids is 1. The van der Waals surface area contributed by atoms with Crippen molar-refractivity contribution in [1.29, 1.82) is 0 Å². The molecule has 1 aromatic heterocycles. The fourth-order valence-corrected chi connectivity index (χ4v) is 2.26. The molecule has 0 bridgehead atoms. The van der Waals surface area contributed by atoms with Crippen LogP contribution in [0.1, 0.15) is 41.9 Å². The molecule has 0 aromatic carbocycles. The fraction of sp³-hybridized carbons (Fsp3) is 0.545. The summed E-state index contributed by atoms with van der Waals surface area (Å²) in [6, 6.07) is 0. The third-order valence-electron chi connectivity index (χ3n) is 2.95. The smallest absolute Gasteiger partial charge is 0.310 e. The molecular weight excluding hydrogens is 180 g/mol. The molecule has 0 saturated carbocycles. The Morgan fingerprint density at radius 3 is 2.86 bits per heavy atom. The largest absolute Gasteiger partial charge is 0.481 e. The maximum absolute atomic E-state index is 10.9. The molecular formula is C11H14O3. The zero-order chi connectivity index (χ0) is 10.3. The minimum absolute atomic E-state index is 0.444. The van der Waals surface area contributed by atoms with Gasteiger partial charge in [0.15, 0.2) is 0 Å². The average Bonchev–Trinajstić information content (AvgIpc) is 2.62. The summed E-state index contributed by atoms with van der Waals surface area (Å²) < 4.78 is 5.57. The van der Waals surface area contributed by atoms with Crippen molar-refractivity contribution in [3.05, 3.63) is 22.6 Å². The number of aliphatic carboxylic acids is 1. The Bertz CT molecular complexity index is 376. The molecule has 0 spiro atoms. The van der Waals surface area contributed by atoms with Gasteiger partial charge in [-0.1, -0.05) is 0 Å². The number of fused-ring (bicyclic) bond motifs is 1. The Morgan fingerprint density at radius 2 is 2.21 bits per heavy atom. The van der Waals surface area contributed by atoms with E-state index in [9.17, 15) is 4.79 Å². The van der Waals surface area contributed by atoms with E-state index in [1.807, 2.05) is 6.92 Å². The van der Waals surface area contributed by atoms with Crippen LogP contribution in [0.15, 0.2) is 4.42 Å². The summed E-state index contributed by atoms with van der Waals surface area (Å²) in [6.45, 7) is 3.58. The average molecular weight is 194 g/mol. The lowest BCUT2D eigenvalue weighted by atomic mass is 9.96. The van der Waals surface area contributed by atoms with Crippen molar-refractivity contribution in [2.45, 2.75) is 39.0 Å². The zero-order valence-electron chi connectivity index (χ0n) is 8.46. The van der Waals surface area contributed by atoms with Crippen LogP contribution < -0.4 is 0 Å². The van der Waals surface area contributed by atoms with E-state index in [0.29, 0.717) is 0 Å². The SMILES string of the molecule is Cc1oc2c(c1C(C)C(=O)O)CCC2. The van der Waals surface area contributed by atoms with Gasteiger partial charge in [-0.05, 0) is 32.3 Å². The molecule has 3 nitrogen and oxygen atoms in total. The Hall–Kier alpha value is -1.25. The molecule has 0 saturated heterocycles. The molecule has 2 rings (SSSR count). The summed E-state index contributed by atoms with van der Waals surface area (Å²) >= 11 is 0. The number of furan rings is 1. The number of hydrogen-bond acceptors (Lipinski definition) is 2. The van der Waals surface area contributed by atoms with Gasteiger partial charge in [0.05, 0.1) is 5.92 Å². The molecule has 1 N–H and O–H groups in total. The highest BCUT2D eigenvalue weighted by Gasteiger charge is 2.28. The van der Waals surface area contributed by atoms with Crippen molar-refractivity contribution in [1.82, 2.24) is 0 Å². The van der Waals surface area contributed by atoms with Gasteiger partial charge in [0.1, 0.15) is 11.5 Å². The molecule has 1 unspecified atom stereocenters. The molecule has 1 atom stereocenters. The molecule has 0 radical (unpaired) electrons. The van der Waals surface area contributed by atoms with Crippen LogP contribution in [-0.4, -0.2) is 11.1 Å². The molecule has 0 amide bonds. The number of carbonyl (C=O) groups is 1. The highest BCUT2D eigenvalue weighted by molar-refractivity contribution is 5.76. The van der Waals surface area contributed by atoms with Gasteiger partial charge in [-0.3, -0.25) is 4.79 Å². The molecule has 0 fully saturated rings. The van der Waals surface area contributed by atoms with Crippen molar-refractivity contribution in [2.24, 2.45) is 0 Å². The number of hydrogen-bond donors (Lipinski definition) is 1. The molecule has 0 aliphatic heterocycles. The van der Waals surface area contributed by atoms with Crippen LogP contribution in [-0.2, 0) is 17.6 Å². The standard InChI is InChI=1S/C11H14O3/c1-6(11(12)13)10-7(2)14-9-5-3-4-8(9)10/h6H,3-5H2,1-2H3,(H,12,13). The molecule has 1 aromatic rings. The normalized spacial score (nSPS) is 16.7. The maximum atomic E-state index is 10.9. The fourth-order valence-electron chi connectivity index (χ4n) is 2.26. The van der Waals surface area contributed by atoms with E-state index in [4.69, 9.17) is 9.52 Å². The van der Waals surface area contributed by atoms with Crippen LogP contribution in [0.25, 0.3) is 0 Å². The lowest BCUT2D eigenvalue weighted by Gasteiger charge is -2.06. The van der Waals surface area contributed by atoms with Gasteiger partial charge in [0.2, 0.25) is 0 Å². The molecule has 1 aliphatic rings. The molecule has 1 aliphatic carbocycles. The second-order valence-corrected chi connectivity index (χ2v) is 3.89. The highest BCUT2D eigenvalue weighted by Crippen LogP contribution is 2.34. The van der Waals surface area contributed by atoms with Crippen LogP contribution in [0, 0.1) is 6.92 Å². The van der Waals surface area contributed by atoms with E-state index in [-0.39, 0.29) is 0 Å². The van der Waals surface area contributed by atoms with Crippen molar-refractivity contribution in [3.63, 3.8) is 0 Å². The predicted molar refractivity (Wildman–Crippen MR) is 51.5 cm³/mol. The molecule has 3 heteroatoms. The predicted octanol–water partition coefficient (Wildman–Crippen LogP) is 2.26. The van der Waals surface area contributed by atoms with Crippen molar-refractivity contribution in [3.8, 4) is 0 Å². The minimum atomic E-state index is -0.774. The first-order valence-corrected chi connectivity index (χ1v) is 4.95. The quantitative estimate of drug-likeness (QED) is 0.785. The first-order chi connectivity index (χ1) is 6.61. The van der Waals surface area contributed by atoms with Crippen LogP contribution in [0.4, 0.5) is 0 Å². The minimum Gasteiger partial charge on any atom is -0.481 e. The first-order valence-electron chi connectivity index (χ1n) is 4.95. The summed E-state index contributed by atoms with van der Waals surface area (Å²) in [7, 11) is 0. The second kappa shape index (κ2) is 3.15. The number of aryl methyl sites for hydroxylation is 2. The summed E-state index contributed by atoms with van der Waals surface area (Å²) in [4.78, 5) is 10.9. The van der Waals surface area contributed by atoms with Crippen molar-refractivity contribution in [2.75, 3.05) is 0 Å². The van der Waals surface area contributed by atoms with Crippen molar-refractivity contribution < 1.29 is 14.3 Å². The van der Waals surface area contributed by atoms with Gasteiger partial charge >= 0.3 is 5.97 Å². The van der Waals surface area contributed by atoms with Gasteiger partial charge < -0.3 is 9.52 Å². The number of rotatable bonds is 2. The summed E-state index contributed by atoms with van der Waals surface area (Å²) in [5.41, 5.74) is 2.06. The molecule has 14 heavy (non-hydrogen) atoms. The van der Waals surface area contributed by atoms with Crippen LogP contribution >= 0.6 is 0 Å². The Morgan fingerprint density at radius 1 is 1.50 bits per heavy atom. The van der Waals surface area contributed by atoms with Gasteiger partial charge in [-0.2, -0.15) is 0 Å². The van der Waals surface area contributed by atoms with Gasteiger partial charge in [0.25, 0.3) is 0 Å². The highest BCUT2D eigenvalue weighted by atomic mass is 16.4. The van der Waals surface area contributed by atoms with Crippen LogP contribution in [0.3, 0.4) is 0 Å². The summed E-state index contributed by atoms with van der Waals surface area (Å²) in [5.74, 6) is 0.569.